The van der Waals surface area contributed by atoms with Gasteiger partial charge in [-0.3, -0.25) is 19.1 Å². The Bertz CT molecular complexity index is 2000. The molecule has 7 rings (SSSR count). The summed E-state index contributed by atoms with van der Waals surface area (Å²) in [6, 6.07) is 5.39. The summed E-state index contributed by atoms with van der Waals surface area (Å²) in [5.74, 6) is -1.03. The average Bonchev–Trinajstić information content (AvgIpc) is 4.04. The van der Waals surface area contributed by atoms with Gasteiger partial charge in [0.05, 0.1) is 30.1 Å². The maximum Gasteiger partial charge on any atom is 0.408 e. The first-order valence-electron chi connectivity index (χ1n) is 20.0. The van der Waals surface area contributed by atoms with E-state index in [4.69, 9.17) is 19.2 Å². The van der Waals surface area contributed by atoms with Crippen LogP contribution in [0.25, 0.3) is 10.9 Å². The number of aryl methyl sites for hydroxylation is 1. The third-order valence-electron chi connectivity index (χ3n) is 12.2. The Morgan fingerprint density at radius 2 is 1.82 bits per heavy atom. The second kappa shape index (κ2) is 15.5. The van der Waals surface area contributed by atoms with Crippen molar-refractivity contribution in [1.82, 2.24) is 25.2 Å². The standard InChI is InChI=1S/C41H55N5O9S/c1-6-26-22-41(26,38(49)45-56(51,52)29-16-17-29)44-36(47)32-21-28-23-46(32)37(48)35(40(2,3)4)43-39(50)55-33-14-10-12-24(33)11-8-7-9-13-31-34(54-28)20-25-19-27(53-5)15-18-30(25)42-31/h6,15,18-20,24,26,28-29,32-33,35H,1,7-14,16-17,21-23H2,2-5H3,(H,43,50)(H,44,47)(H,45,49)/t24?,26?,28-,32+,33-,35-,41-/m1/s1. The third kappa shape index (κ3) is 8.33. The molecule has 7 atom stereocenters. The van der Waals surface area contributed by atoms with E-state index in [0.717, 1.165) is 61.5 Å². The second-order valence-corrected chi connectivity index (χ2v) is 19.3. The van der Waals surface area contributed by atoms with E-state index in [1.165, 1.54) is 11.0 Å². The molecule has 1 aromatic carbocycles. The van der Waals surface area contributed by atoms with Crippen LogP contribution in [0, 0.1) is 17.3 Å². The van der Waals surface area contributed by atoms with Gasteiger partial charge in [0, 0.05) is 17.7 Å². The highest BCUT2D eigenvalue weighted by Crippen LogP contribution is 2.46. The molecule has 4 amide bonds. The Morgan fingerprint density at radius 3 is 2.52 bits per heavy atom. The molecule has 15 heteroatoms. The number of aromatic nitrogens is 1. The van der Waals surface area contributed by atoms with Gasteiger partial charge in [-0.25, -0.2) is 18.2 Å². The molecule has 56 heavy (non-hydrogen) atoms. The fourth-order valence-corrected chi connectivity index (χ4v) is 9.99. The molecule has 2 aliphatic heterocycles. The number of carbonyl (C=O) groups is 4. The molecule has 1 saturated heterocycles. The number of methoxy groups -OCH3 is 1. The molecule has 14 nitrogen and oxygen atoms in total. The molecule has 304 valence electrons. The van der Waals surface area contributed by atoms with Gasteiger partial charge >= 0.3 is 6.09 Å². The largest absolute Gasteiger partial charge is 0.497 e. The molecule has 1 aromatic heterocycles. The normalized spacial score (nSPS) is 30.0. The SMILES string of the molecule is C=CC1C[C@]1(NC(=O)[C@@H]1C[C@@H]2CN1C(=O)[C@H](C(C)(C)C)NC(=O)O[C@@H]1CCCC1CCCCCc1nc3ccc(OC)cc3cc1O2)C(=O)NS(=O)(=O)C1CC1. The van der Waals surface area contributed by atoms with Crippen molar-refractivity contribution in [2.45, 2.75) is 133 Å². The Hall–Kier alpha value is -4.40. The van der Waals surface area contributed by atoms with Crippen LogP contribution in [-0.4, -0.2) is 90.9 Å². The number of carbonyl (C=O) groups excluding carboxylic acids is 4. The molecule has 3 heterocycles. The monoisotopic (exact) mass is 793 g/mol. The van der Waals surface area contributed by atoms with Gasteiger partial charge in [-0.2, -0.15) is 0 Å². The Balaban J connectivity index is 1.23. The Morgan fingerprint density at radius 1 is 1.05 bits per heavy atom. The van der Waals surface area contributed by atoms with Crippen molar-refractivity contribution in [3.8, 4) is 11.5 Å². The number of rotatable bonds is 7. The van der Waals surface area contributed by atoms with E-state index in [1.54, 1.807) is 7.11 Å². The average molecular weight is 794 g/mol. The third-order valence-corrected chi connectivity index (χ3v) is 14.0. The first-order chi connectivity index (χ1) is 26.6. The van der Waals surface area contributed by atoms with Crippen LogP contribution in [0.1, 0.15) is 97.1 Å². The number of benzene rings is 1. The molecule has 2 aromatic rings. The van der Waals surface area contributed by atoms with Gasteiger partial charge < -0.3 is 29.7 Å². The van der Waals surface area contributed by atoms with Crippen molar-refractivity contribution < 1.29 is 41.8 Å². The number of nitrogens with one attached hydrogen (secondary N) is 3. The lowest BCUT2D eigenvalue weighted by Crippen LogP contribution is -2.60. The molecule has 5 aliphatic rings. The minimum atomic E-state index is -3.90. The highest BCUT2D eigenvalue weighted by atomic mass is 32.2. The van der Waals surface area contributed by atoms with Crippen molar-refractivity contribution in [3.05, 3.63) is 42.6 Å². The summed E-state index contributed by atoms with van der Waals surface area (Å²) in [6.45, 7) is 9.30. The summed E-state index contributed by atoms with van der Waals surface area (Å²) in [5.41, 5.74) is -0.767. The molecule has 0 spiro atoms. The van der Waals surface area contributed by atoms with E-state index < -0.39 is 74.1 Å². The number of pyridine rings is 1. The van der Waals surface area contributed by atoms with Crippen molar-refractivity contribution in [2.75, 3.05) is 13.7 Å². The number of hydrogen-bond acceptors (Lipinski definition) is 10. The van der Waals surface area contributed by atoms with Crippen LogP contribution in [0.5, 0.6) is 11.5 Å². The maximum atomic E-state index is 14.7. The molecule has 3 saturated carbocycles. The highest BCUT2D eigenvalue weighted by molar-refractivity contribution is 7.91. The van der Waals surface area contributed by atoms with Crippen molar-refractivity contribution in [3.63, 3.8) is 0 Å². The second-order valence-electron chi connectivity index (χ2n) is 17.3. The zero-order chi connectivity index (χ0) is 40.0. The first-order valence-corrected chi connectivity index (χ1v) is 21.6. The van der Waals surface area contributed by atoms with Crippen LogP contribution in [0.3, 0.4) is 0 Å². The van der Waals surface area contributed by atoms with Crippen LogP contribution in [0.15, 0.2) is 36.9 Å². The lowest BCUT2D eigenvalue weighted by Gasteiger charge is -2.35. The summed E-state index contributed by atoms with van der Waals surface area (Å²) >= 11 is 0. The molecule has 3 aliphatic carbocycles. The molecular formula is C41H55N5O9S. The molecular weight excluding hydrogens is 739 g/mol. The van der Waals surface area contributed by atoms with E-state index in [2.05, 4.69) is 21.9 Å². The van der Waals surface area contributed by atoms with Crippen LogP contribution < -0.4 is 24.8 Å². The fraction of sp³-hybridized carbons (Fsp3) is 0.634. The van der Waals surface area contributed by atoms with Crippen LogP contribution in [0.2, 0.25) is 0 Å². The van der Waals surface area contributed by atoms with Gasteiger partial charge in [0.2, 0.25) is 21.8 Å². The molecule has 2 bridgehead atoms. The van der Waals surface area contributed by atoms with E-state index in [9.17, 15) is 27.6 Å². The number of ether oxygens (including phenoxy) is 3. The minimum Gasteiger partial charge on any atom is -0.497 e. The van der Waals surface area contributed by atoms with E-state index >= 15 is 0 Å². The predicted molar refractivity (Wildman–Crippen MR) is 208 cm³/mol. The lowest BCUT2D eigenvalue weighted by molar-refractivity contribution is -0.143. The molecule has 3 N–H and O–H groups in total. The van der Waals surface area contributed by atoms with Gasteiger partial charge in [-0.05, 0) is 93.4 Å². The van der Waals surface area contributed by atoms with Crippen molar-refractivity contribution in [2.24, 2.45) is 17.3 Å². The Kier molecular flexibility index (Phi) is 11.0. The first kappa shape index (κ1) is 39.8. The van der Waals surface area contributed by atoms with Gasteiger partial charge in [-0.15, -0.1) is 6.58 Å². The summed E-state index contributed by atoms with van der Waals surface area (Å²) in [6.07, 6.45) is 8.15. The Labute approximate surface area is 328 Å². The summed E-state index contributed by atoms with van der Waals surface area (Å²) in [4.78, 5) is 62.7. The number of alkyl carbamates (subject to hydrolysis) is 1. The van der Waals surface area contributed by atoms with E-state index in [1.807, 2.05) is 45.0 Å². The predicted octanol–water partition coefficient (Wildman–Crippen LogP) is 4.69. The van der Waals surface area contributed by atoms with E-state index in [0.29, 0.717) is 30.8 Å². The number of nitrogens with zero attached hydrogens (tertiary/aromatic N) is 2. The summed E-state index contributed by atoms with van der Waals surface area (Å²) < 4.78 is 45.9. The van der Waals surface area contributed by atoms with Gasteiger partial charge in [0.25, 0.3) is 5.91 Å². The summed E-state index contributed by atoms with van der Waals surface area (Å²) in [5, 5.41) is 5.88. The van der Waals surface area contributed by atoms with E-state index in [-0.39, 0.29) is 31.4 Å². The van der Waals surface area contributed by atoms with Crippen molar-refractivity contribution >= 4 is 44.7 Å². The minimum absolute atomic E-state index is 0.000652. The molecule has 2 unspecified atom stereocenters. The summed E-state index contributed by atoms with van der Waals surface area (Å²) in [7, 11) is -2.30. The lowest BCUT2D eigenvalue weighted by atomic mass is 9.85. The number of sulfonamides is 1. The van der Waals surface area contributed by atoms with Gasteiger partial charge in [-0.1, -0.05) is 39.7 Å². The fourth-order valence-electron chi connectivity index (χ4n) is 8.62. The number of hydrogen-bond donors (Lipinski definition) is 3. The highest BCUT2D eigenvalue weighted by Gasteiger charge is 2.62. The maximum absolute atomic E-state index is 14.7. The van der Waals surface area contributed by atoms with Crippen LogP contribution in [0.4, 0.5) is 4.79 Å². The van der Waals surface area contributed by atoms with Gasteiger partial charge in [0.1, 0.15) is 41.3 Å². The van der Waals surface area contributed by atoms with Crippen LogP contribution >= 0.6 is 0 Å². The zero-order valence-corrected chi connectivity index (χ0v) is 33.6. The number of fused-ring (bicyclic) bond motifs is 5. The van der Waals surface area contributed by atoms with Crippen LogP contribution in [-0.2, 0) is 35.6 Å². The zero-order valence-electron chi connectivity index (χ0n) is 32.8. The smallest absolute Gasteiger partial charge is 0.408 e. The molecule has 0 radical (unpaired) electrons. The molecule has 4 fully saturated rings. The van der Waals surface area contributed by atoms with Gasteiger partial charge in [0.15, 0.2) is 0 Å². The quantitative estimate of drug-likeness (QED) is 0.333. The van der Waals surface area contributed by atoms with Crippen molar-refractivity contribution in [1.29, 1.82) is 0 Å². The topological polar surface area (TPSA) is 182 Å². The number of amides is 4.